The quantitative estimate of drug-likeness (QED) is 0.789. The van der Waals surface area contributed by atoms with E-state index < -0.39 is 0 Å². The number of hydrogen-bond donors (Lipinski definition) is 1. The largest absolute Gasteiger partial charge is 0.311 e. The highest BCUT2D eigenvalue weighted by atomic mass is 15.2. The molecule has 17 heavy (non-hydrogen) atoms. The zero-order valence-electron chi connectivity index (χ0n) is 11.5. The highest BCUT2D eigenvalue weighted by Crippen LogP contribution is 2.47. The third-order valence-electron chi connectivity index (χ3n) is 4.65. The topological polar surface area (TPSA) is 15.3 Å². The van der Waals surface area contributed by atoms with Crippen LogP contribution in [-0.2, 0) is 0 Å². The van der Waals surface area contributed by atoms with Gasteiger partial charge >= 0.3 is 0 Å². The van der Waals surface area contributed by atoms with Gasteiger partial charge in [0.2, 0.25) is 0 Å². The van der Waals surface area contributed by atoms with Gasteiger partial charge in [0.25, 0.3) is 0 Å². The molecule has 2 saturated carbocycles. The molecular formula is C15H28N2. The molecule has 1 aliphatic heterocycles. The third-order valence-corrected chi connectivity index (χ3v) is 4.65. The lowest BCUT2D eigenvalue weighted by molar-refractivity contribution is 0.106. The second-order valence-corrected chi connectivity index (χ2v) is 6.82. The van der Waals surface area contributed by atoms with Crippen LogP contribution in [0.1, 0.15) is 52.4 Å². The van der Waals surface area contributed by atoms with Crippen LogP contribution in [0.3, 0.4) is 0 Å². The summed E-state index contributed by atoms with van der Waals surface area (Å²) in [7, 11) is 0. The van der Waals surface area contributed by atoms with Crippen LogP contribution in [0.5, 0.6) is 0 Å². The van der Waals surface area contributed by atoms with Gasteiger partial charge in [0, 0.05) is 24.7 Å². The van der Waals surface area contributed by atoms with Gasteiger partial charge in [-0.15, -0.1) is 0 Å². The Balaban J connectivity index is 1.57. The first-order chi connectivity index (χ1) is 8.24. The molecule has 2 aliphatic carbocycles. The Bertz CT molecular complexity index is 244. The van der Waals surface area contributed by atoms with Gasteiger partial charge in [-0.25, -0.2) is 0 Å². The van der Waals surface area contributed by atoms with Crippen LogP contribution < -0.4 is 5.32 Å². The molecule has 1 N–H and O–H groups in total. The Labute approximate surface area is 106 Å². The number of hydrogen-bond acceptors (Lipinski definition) is 2. The van der Waals surface area contributed by atoms with Crippen molar-refractivity contribution in [3.63, 3.8) is 0 Å². The van der Waals surface area contributed by atoms with E-state index in [-0.39, 0.29) is 0 Å². The predicted molar refractivity (Wildman–Crippen MR) is 72.1 cm³/mol. The summed E-state index contributed by atoms with van der Waals surface area (Å²) in [6.07, 6.45) is 8.84. The van der Waals surface area contributed by atoms with Crippen LogP contribution in [0.25, 0.3) is 0 Å². The third kappa shape index (κ3) is 3.03. The highest BCUT2D eigenvalue weighted by molar-refractivity contribution is 4.99. The fourth-order valence-corrected chi connectivity index (χ4v) is 3.74. The minimum absolute atomic E-state index is 0.639. The zero-order valence-corrected chi connectivity index (χ0v) is 11.5. The molecule has 0 aromatic heterocycles. The number of nitrogens with one attached hydrogen (secondary N) is 1. The molecular weight excluding hydrogens is 208 g/mol. The maximum Gasteiger partial charge on any atom is 0.0197 e. The summed E-state index contributed by atoms with van der Waals surface area (Å²) >= 11 is 0. The normalized spacial score (nSPS) is 31.4. The first-order valence-corrected chi connectivity index (χ1v) is 7.74. The van der Waals surface area contributed by atoms with Crippen LogP contribution in [0, 0.1) is 11.8 Å². The van der Waals surface area contributed by atoms with Crippen molar-refractivity contribution in [2.45, 2.75) is 70.5 Å². The Morgan fingerprint density at radius 1 is 1.00 bits per heavy atom. The van der Waals surface area contributed by atoms with Crippen LogP contribution in [0.4, 0.5) is 0 Å². The van der Waals surface area contributed by atoms with Gasteiger partial charge in [-0.1, -0.05) is 13.8 Å². The molecule has 3 fully saturated rings. The van der Waals surface area contributed by atoms with Crippen LogP contribution >= 0.6 is 0 Å². The van der Waals surface area contributed by atoms with Crippen molar-refractivity contribution in [3.8, 4) is 0 Å². The first-order valence-electron chi connectivity index (χ1n) is 7.74. The van der Waals surface area contributed by atoms with Gasteiger partial charge in [0.05, 0.1) is 0 Å². The van der Waals surface area contributed by atoms with Gasteiger partial charge in [-0.3, -0.25) is 4.90 Å². The van der Waals surface area contributed by atoms with E-state index in [0.29, 0.717) is 6.04 Å². The van der Waals surface area contributed by atoms with Gasteiger partial charge in [0.1, 0.15) is 0 Å². The Morgan fingerprint density at radius 2 is 1.65 bits per heavy atom. The van der Waals surface area contributed by atoms with E-state index in [2.05, 4.69) is 24.1 Å². The second kappa shape index (κ2) is 4.89. The lowest BCUT2D eigenvalue weighted by Crippen LogP contribution is -2.52. The molecule has 0 radical (unpaired) electrons. The Kier molecular flexibility index (Phi) is 3.45. The summed E-state index contributed by atoms with van der Waals surface area (Å²) < 4.78 is 0. The average molecular weight is 236 g/mol. The molecule has 1 heterocycles. The molecule has 2 nitrogen and oxygen atoms in total. The van der Waals surface area contributed by atoms with Crippen molar-refractivity contribution >= 4 is 0 Å². The molecule has 1 saturated heterocycles. The molecule has 3 rings (SSSR count). The summed E-state index contributed by atoms with van der Waals surface area (Å²) in [5.74, 6) is 2.14. The van der Waals surface area contributed by atoms with Crippen LogP contribution in [0.2, 0.25) is 0 Å². The Hall–Kier alpha value is -0.0800. The van der Waals surface area contributed by atoms with Crippen molar-refractivity contribution in [2.24, 2.45) is 11.8 Å². The summed E-state index contributed by atoms with van der Waals surface area (Å²) in [4.78, 5) is 2.85. The Morgan fingerprint density at radius 3 is 2.18 bits per heavy atom. The minimum atomic E-state index is 0.639. The molecule has 3 aliphatic rings. The molecule has 0 aromatic rings. The monoisotopic (exact) mass is 236 g/mol. The molecule has 98 valence electrons. The molecule has 0 bridgehead atoms. The number of piperidine rings is 1. The maximum absolute atomic E-state index is 3.74. The van der Waals surface area contributed by atoms with E-state index >= 15 is 0 Å². The maximum atomic E-state index is 3.74. The summed E-state index contributed by atoms with van der Waals surface area (Å²) in [5, 5.41) is 3.74. The number of rotatable bonds is 5. The van der Waals surface area contributed by atoms with E-state index in [0.717, 1.165) is 23.9 Å². The predicted octanol–water partition coefficient (Wildman–Crippen LogP) is 2.64. The molecule has 0 aromatic carbocycles. The highest BCUT2D eigenvalue weighted by Gasteiger charge is 2.45. The van der Waals surface area contributed by atoms with E-state index in [1.54, 1.807) is 0 Å². The molecule has 0 amide bonds. The van der Waals surface area contributed by atoms with Crippen molar-refractivity contribution in [2.75, 3.05) is 13.1 Å². The van der Waals surface area contributed by atoms with Crippen molar-refractivity contribution in [1.82, 2.24) is 10.2 Å². The fourth-order valence-electron chi connectivity index (χ4n) is 3.74. The van der Waals surface area contributed by atoms with Gasteiger partial charge in [-0.05, 0) is 56.9 Å². The average Bonchev–Trinajstić information content (AvgIpc) is 3.11. The van der Waals surface area contributed by atoms with E-state index in [1.807, 2.05) is 0 Å². The lowest BCUT2D eigenvalue weighted by atomic mass is 9.98. The van der Waals surface area contributed by atoms with Crippen molar-refractivity contribution < 1.29 is 0 Å². The standard InChI is InChI=1S/C15H28N2/c1-11(2)16-14-4-3-9-17(10-14)15(12-5-6-12)13-7-8-13/h11-16H,3-10H2,1-2H3. The fraction of sp³-hybridized carbons (Fsp3) is 1.00. The van der Waals surface area contributed by atoms with E-state index in [9.17, 15) is 0 Å². The summed E-state index contributed by atoms with van der Waals surface area (Å²) in [6.45, 7) is 7.24. The SMILES string of the molecule is CC(C)NC1CCCN(C(C2CC2)C2CC2)C1. The van der Waals surface area contributed by atoms with Gasteiger partial charge < -0.3 is 5.32 Å². The van der Waals surface area contributed by atoms with Gasteiger partial charge in [0.15, 0.2) is 0 Å². The lowest BCUT2D eigenvalue weighted by Gasteiger charge is -2.39. The number of likely N-dealkylation sites (tertiary alicyclic amines) is 1. The summed E-state index contributed by atoms with van der Waals surface area (Å²) in [5.41, 5.74) is 0. The molecule has 0 spiro atoms. The smallest absolute Gasteiger partial charge is 0.0197 e. The van der Waals surface area contributed by atoms with E-state index in [4.69, 9.17) is 0 Å². The zero-order chi connectivity index (χ0) is 11.8. The van der Waals surface area contributed by atoms with Crippen LogP contribution in [0.15, 0.2) is 0 Å². The van der Waals surface area contributed by atoms with Gasteiger partial charge in [-0.2, -0.15) is 0 Å². The molecule has 1 atom stereocenters. The van der Waals surface area contributed by atoms with Crippen molar-refractivity contribution in [3.05, 3.63) is 0 Å². The second-order valence-electron chi connectivity index (χ2n) is 6.82. The number of nitrogens with zero attached hydrogens (tertiary/aromatic N) is 1. The molecule has 2 heteroatoms. The summed E-state index contributed by atoms with van der Waals surface area (Å²) in [6, 6.07) is 2.36. The molecule has 1 unspecified atom stereocenters. The minimum Gasteiger partial charge on any atom is -0.311 e. The van der Waals surface area contributed by atoms with Crippen molar-refractivity contribution in [1.29, 1.82) is 0 Å². The van der Waals surface area contributed by atoms with Crippen LogP contribution in [-0.4, -0.2) is 36.1 Å². The van der Waals surface area contributed by atoms with E-state index in [1.165, 1.54) is 51.6 Å². The first kappa shape index (κ1) is 12.0.